The molecule has 6 heteroatoms. The number of halogens is 3. The third-order valence-electron chi connectivity index (χ3n) is 1.41. The molecule has 0 aliphatic carbocycles. The zero-order chi connectivity index (χ0) is 6.91. The first kappa shape index (κ1) is 11.5. The fourth-order valence-corrected chi connectivity index (χ4v) is 0.857. The van der Waals surface area contributed by atoms with Crippen LogP contribution in [0, 0.1) is 0 Å². The molecule has 0 atom stereocenters. The molecule has 1 nitrogen and oxygen atoms in total. The van der Waals surface area contributed by atoms with Crippen LogP contribution in [0.15, 0.2) is 0 Å². The minimum atomic E-state index is -4.57. The van der Waals surface area contributed by atoms with E-state index in [0.29, 0.717) is 13.1 Å². The Morgan fingerprint density at radius 3 is 1.80 bits per heavy atom. The van der Waals surface area contributed by atoms with Crippen molar-refractivity contribution < 1.29 is 64.3 Å². The normalized spacial score (nSPS) is 19.5. The van der Waals surface area contributed by atoms with Crippen LogP contribution in [0.3, 0.4) is 0 Å². The van der Waals surface area contributed by atoms with Crippen molar-refractivity contribution in [3.63, 3.8) is 0 Å². The second-order valence-corrected chi connectivity index (χ2v) is 2.36. The quantitative estimate of drug-likeness (QED) is 0.444. The standard InChI is InChI=1S/C4H8BF3N.K/c6-5(7,8)4-9-2-1-3-9;/h1-4H2;/q-1;+1. The zero-order valence-electron chi connectivity index (χ0n) is 5.99. The van der Waals surface area contributed by atoms with Crippen molar-refractivity contribution in [3.8, 4) is 0 Å². The van der Waals surface area contributed by atoms with Crippen LogP contribution in [0.2, 0.25) is 0 Å². The van der Waals surface area contributed by atoms with Gasteiger partial charge in [-0.3, -0.25) is 0 Å². The van der Waals surface area contributed by atoms with Crippen molar-refractivity contribution >= 4 is 6.98 Å². The smallest absolute Gasteiger partial charge is 0.448 e. The van der Waals surface area contributed by atoms with Crippen molar-refractivity contribution in [1.82, 2.24) is 4.90 Å². The average Bonchev–Trinajstić information content (AvgIpc) is 1.53. The van der Waals surface area contributed by atoms with Crippen LogP contribution in [0.25, 0.3) is 0 Å². The summed E-state index contributed by atoms with van der Waals surface area (Å²) in [6, 6.07) is 0. The summed E-state index contributed by atoms with van der Waals surface area (Å²) >= 11 is 0. The van der Waals surface area contributed by atoms with Crippen molar-refractivity contribution in [3.05, 3.63) is 0 Å². The van der Waals surface area contributed by atoms with Crippen LogP contribution in [0.5, 0.6) is 0 Å². The first-order chi connectivity index (χ1) is 4.08. The molecule has 1 heterocycles. The Hall–Kier alpha value is 1.45. The molecular formula is C4H8BF3KN. The molecule has 0 spiro atoms. The molecule has 1 rings (SSSR count). The Bertz CT molecular complexity index is 103. The van der Waals surface area contributed by atoms with Gasteiger partial charge in [0, 0.05) is 0 Å². The molecule has 1 fully saturated rings. The predicted octanol–water partition coefficient (Wildman–Crippen LogP) is -1.92. The van der Waals surface area contributed by atoms with Crippen LogP contribution < -0.4 is 51.4 Å². The van der Waals surface area contributed by atoms with Gasteiger partial charge in [0.1, 0.15) is 0 Å². The van der Waals surface area contributed by atoms with E-state index >= 15 is 0 Å². The van der Waals surface area contributed by atoms with E-state index in [1.54, 1.807) is 0 Å². The summed E-state index contributed by atoms with van der Waals surface area (Å²) in [5.41, 5.74) is 0. The van der Waals surface area contributed by atoms with E-state index in [0.717, 1.165) is 6.42 Å². The van der Waals surface area contributed by atoms with E-state index < -0.39 is 13.4 Å². The Morgan fingerprint density at radius 2 is 1.70 bits per heavy atom. The van der Waals surface area contributed by atoms with Gasteiger partial charge in [0.2, 0.25) is 0 Å². The molecule has 1 aliphatic rings. The molecule has 0 saturated carbocycles. The Labute approximate surface area is 101 Å². The van der Waals surface area contributed by atoms with Crippen molar-refractivity contribution in [2.24, 2.45) is 0 Å². The summed E-state index contributed by atoms with van der Waals surface area (Å²) in [6.45, 7) is -3.32. The maximum absolute atomic E-state index is 11.5. The van der Waals surface area contributed by atoms with E-state index in [2.05, 4.69) is 0 Å². The van der Waals surface area contributed by atoms with Crippen LogP contribution in [-0.4, -0.2) is 31.4 Å². The van der Waals surface area contributed by atoms with Gasteiger partial charge in [0.05, 0.1) is 0 Å². The molecular weight excluding hydrogens is 169 g/mol. The summed E-state index contributed by atoms with van der Waals surface area (Å²) in [7, 11) is 0. The van der Waals surface area contributed by atoms with Crippen molar-refractivity contribution in [2.75, 3.05) is 19.5 Å². The number of hydrogen-bond acceptors (Lipinski definition) is 1. The summed E-state index contributed by atoms with van der Waals surface area (Å²) in [5.74, 6) is 0. The van der Waals surface area contributed by atoms with Crippen LogP contribution in [-0.2, 0) is 0 Å². The molecule has 0 aromatic carbocycles. The van der Waals surface area contributed by atoms with Gasteiger partial charge >= 0.3 is 58.4 Å². The minimum absolute atomic E-state index is 0. The second-order valence-electron chi connectivity index (χ2n) is 2.36. The van der Waals surface area contributed by atoms with Gasteiger partial charge in [-0.1, -0.05) is 0 Å². The summed E-state index contributed by atoms with van der Waals surface area (Å²) in [5, 5.41) is 0. The predicted molar refractivity (Wildman–Crippen MR) is 30.1 cm³/mol. The van der Waals surface area contributed by atoms with Gasteiger partial charge in [-0.05, 0) is 26.0 Å². The molecule has 0 amide bonds. The summed E-state index contributed by atoms with van der Waals surface area (Å²) in [4.78, 5) is 1.42. The summed E-state index contributed by atoms with van der Waals surface area (Å²) in [6.07, 6.45) is 0.256. The van der Waals surface area contributed by atoms with Gasteiger partial charge in [0.25, 0.3) is 0 Å². The third-order valence-corrected chi connectivity index (χ3v) is 1.41. The Kier molecular flexibility index (Phi) is 5.12. The maximum atomic E-state index is 11.5. The molecule has 0 aromatic rings. The number of hydrogen-bond donors (Lipinski definition) is 0. The third kappa shape index (κ3) is 4.35. The molecule has 10 heavy (non-hydrogen) atoms. The first-order valence-electron chi connectivity index (χ1n) is 3.01. The van der Waals surface area contributed by atoms with E-state index in [1.807, 2.05) is 0 Å². The number of rotatable bonds is 2. The monoisotopic (exact) mass is 177 g/mol. The van der Waals surface area contributed by atoms with Crippen molar-refractivity contribution in [1.29, 1.82) is 0 Å². The molecule has 0 N–H and O–H groups in total. The first-order valence-corrected chi connectivity index (χ1v) is 3.01. The average molecular weight is 177 g/mol. The zero-order valence-corrected chi connectivity index (χ0v) is 9.11. The van der Waals surface area contributed by atoms with Gasteiger partial charge in [0.15, 0.2) is 0 Å². The second kappa shape index (κ2) is 4.47. The molecule has 1 aliphatic heterocycles. The van der Waals surface area contributed by atoms with Crippen LogP contribution in [0.4, 0.5) is 12.9 Å². The molecule has 0 radical (unpaired) electrons. The van der Waals surface area contributed by atoms with Crippen LogP contribution in [0.1, 0.15) is 6.42 Å². The number of likely N-dealkylation sites (tertiary alicyclic amines) is 1. The van der Waals surface area contributed by atoms with E-state index in [4.69, 9.17) is 0 Å². The van der Waals surface area contributed by atoms with Gasteiger partial charge in [-0.25, -0.2) is 0 Å². The SMILES string of the molecule is F[B-](F)(F)CN1CCC1.[K+]. The fourth-order valence-electron chi connectivity index (χ4n) is 0.857. The fraction of sp³-hybridized carbons (Fsp3) is 1.00. The van der Waals surface area contributed by atoms with Gasteiger partial charge < -0.3 is 17.8 Å². The van der Waals surface area contributed by atoms with Crippen LogP contribution >= 0.6 is 0 Å². The molecule has 0 unspecified atom stereocenters. The van der Waals surface area contributed by atoms with Crippen molar-refractivity contribution in [2.45, 2.75) is 6.42 Å². The largest absolute Gasteiger partial charge is 1.00 e. The maximum Gasteiger partial charge on any atom is 1.00 e. The molecule has 1 saturated heterocycles. The molecule has 0 bridgehead atoms. The Balaban J connectivity index is 0.000000810. The van der Waals surface area contributed by atoms with E-state index in [-0.39, 0.29) is 51.4 Å². The topological polar surface area (TPSA) is 3.24 Å². The summed E-state index contributed by atoms with van der Waals surface area (Å²) < 4.78 is 34.6. The van der Waals surface area contributed by atoms with Gasteiger partial charge in [-0.2, -0.15) is 0 Å². The van der Waals surface area contributed by atoms with Gasteiger partial charge in [-0.15, -0.1) is 0 Å². The van der Waals surface area contributed by atoms with E-state index in [9.17, 15) is 12.9 Å². The minimum Gasteiger partial charge on any atom is -0.448 e. The molecule has 0 aromatic heterocycles. The van der Waals surface area contributed by atoms with E-state index in [1.165, 1.54) is 4.90 Å². The Morgan fingerprint density at radius 1 is 1.20 bits per heavy atom. The molecule has 54 valence electrons. The number of nitrogens with zero attached hydrogens (tertiary/aromatic N) is 1.